The summed E-state index contributed by atoms with van der Waals surface area (Å²) in [5.74, 6) is 1.000. The van der Waals surface area contributed by atoms with E-state index in [1.165, 1.54) is 60.3 Å². The van der Waals surface area contributed by atoms with E-state index in [0.29, 0.717) is 5.71 Å². The minimum absolute atomic E-state index is 0.702. The lowest BCUT2D eigenvalue weighted by Crippen LogP contribution is -2.19. The molecule has 10 aromatic rings. The van der Waals surface area contributed by atoms with Gasteiger partial charge in [0.05, 0.1) is 5.52 Å². The molecule has 0 aliphatic heterocycles. The van der Waals surface area contributed by atoms with Crippen molar-refractivity contribution in [3.05, 3.63) is 193 Å². The van der Waals surface area contributed by atoms with Gasteiger partial charge in [0.25, 0.3) is 0 Å². The quantitative estimate of drug-likeness (QED) is 0.168. The molecule has 3 nitrogen and oxygen atoms in total. The van der Waals surface area contributed by atoms with Gasteiger partial charge in [-0.3, -0.25) is 0 Å². The first-order chi connectivity index (χ1) is 26.7. The minimum atomic E-state index is 0.702. The Hall–Kier alpha value is -6.97. The third-order valence-electron chi connectivity index (χ3n) is 11.1. The molecule has 254 valence electrons. The number of aromatic nitrogens is 1. The van der Waals surface area contributed by atoms with Crippen LogP contribution in [0.4, 0.5) is 11.4 Å². The second kappa shape index (κ2) is 12.3. The van der Waals surface area contributed by atoms with Gasteiger partial charge in [-0.05, 0) is 110 Å². The summed E-state index contributed by atoms with van der Waals surface area (Å²) in [5.41, 5.74) is 11.1. The molecule has 11 rings (SSSR count). The lowest BCUT2D eigenvalue weighted by Gasteiger charge is -2.30. The van der Waals surface area contributed by atoms with Crippen LogP contribution in [0.1, 0.15) is 17.7 Å². The van der Waals surface area contributed by atoms with Gasteiger partial charge in [-0.25, -0.2) is 4.98 Å². The molecule has 3 heteroatoms. The molecule has 2 aromatic heterocycles. The van der Waals surface area contributed by atoms with E-state index in [1.807, 2.05) is 12.1 Å². The van der Waals surface area contributed by atoms with Crippen molar-refractivity contribution >= 4 is 71.8 Å². The summed E-state index contributed by atoms with van der Waals surface area (Å²) >= 11 is 0. The number of hydrogen-bond acceptors (Lipinski definition) is 3. The number of anilines is 2. The lowest BCUT2D eigenvalue weighted by molar-refractivity contribution is 0.534. The minimum Gasteiger partial charge on any atom is -0.442 e. The Morgan fingerprint density at radius 1 is 0.444 bits per heavy atom. The summed E-state index contributed by atoms with van der Waals surface area (Å²) in [6, 6.07) is 63.6. The second-order valence-electron chi connectivity index (χ2n) is 14.3. The van der Waals surface area contributed by atoms with E-state index in [-0.39, 0.29) is 0 Å². The largest absolute Gasteiger partial charge is 0.442 e. The maximum absolute atomic E-state index is 6.41. The van der Waals surface area contributed by atoms with Crippen LogP contribution in [0.5, 0.6) is 0 Å². The number of rotatable bonds is 5. The van der Waals surface area contributed by atoms with Gasteiger partial charge in [0.1, 0.15) is 5.76 Å². The van der Waals surface area contributed by atoms with Crippen LogP contribution >= 0.6 is 0 Å². The number of hydrogen-bond donors (Lipinski definition) is 0. The van der Waals surface area contributed by atoms with Gasteiger partial charge < -0.3 is 9.32 Å². The third kappa shape index (κ3) is 5.01. The van der Waals surface area contributed by atoms with Crippen molar-refractivity contribution in [1.29, 1.82) is 0 Å². The first-order valence-electron chi connectivity index (χ1n) is 18.7. The molecule has 0 bridgehead atoms. The van der Waals surface area contributed by atoms with Crippen LogP contribution in [-0.2, 0) is 6.42 Å². The van der Waals surface area contributed by atoms with E-state index in [1.54, 1.807) is 0 Å². The summed E-state index contributed by atoms with van der Waals surface area (Å²) < 4.78 is 6.41. The number of fused-ring (bicyclic) bond motifs is 8. The zero-order valence-corrected chi connectivity index (χ0v) is 29.5. The molecule has 0 saturated carbocycles. The van der Waals surface area contributed by atoms with Crippen LogP contribution in [0, 0.1) is 0 Å². The molecular weight excluding hydrogens is 657 g/mol. The smallest absolute Gasteiger partial charge is 0.227 e. The molecule has 0 fully saturated rings. The van der Waals surface area contributed by atoms with Crippen LogP contribution in [0.3, 0.4) is 0 Å². The molecule has 1 aliphatic carbocycles. The summed E-state index contributed by atoms with van der Waals surface area (Å²) in [5, 5.41) is 9.74. The number of allylic oxidation sites excluding steroid dienone is 1. The summed E-state index contributed by atoms with van der Waals surface area (Å²) in [6.45, 7) is 0. The van der Waals surface area contributed by atoms with Crippen LogP contribution in [-0.4, -0.2) is 4.98 Å². The molecule has 54 heavy (non-hydrogen) atoms. The van der Waals surface area contributed by atoms with Crippen molar-refractivity contribution in [2.45, 2.75) is 12.8 Å². The fourth-order valence-electron chi connectivity index (χ4n) is 8.55. The normalized spacial score (nSPS) is 12.8. The van der Waals surface area contributed by atoms with Crippen molar-refractivity contribution in [1.82, 2.24) is 4.98 Å². The van der Waals surface area contributed by atoms with Crippen molar-refractivity contribution in [2.75, 3.05) is 4.90 Å². The van der Waals surface area contributed by atoms with Gasteiger partial charge in [0, 0.05) is 39.8 Å². The average Bonchev–Trinajstić information content (AvgIpc) is 3.59. The Balaban J connectivity index is 1.08. The number of aryl methyl sites for hydroxylation is 1. The number of furan rings is 1. The van der Waals surface area contributed by atoms with E-state index in [9.17, 15) is 0 Å². The molecule has 0 amide bonds. The van der Waals surface area contributed by atoms with Crippen molar-refractivity contribution < 1.29 is 4.42 Å². The Morgan fingerprint density at radius 3 is 2.02 bits per heavy atom. The van der Waals surface area contributed by atoms with Crippen molar-refractivity contribution in [3.63, 3.8) is 0 Å². The standard InChI is InChI=1S/C51H34N2O/c1-4-17-41-33(11-1)14-10-21-42(41)35-15-9-16-39(29-35)53(40-27-28-50-47(32-40)48-31-37-13-3-8-22-49(37)52-51(48)54-50)38-25-23-34(24-26-38)46-30-36-12-2-5-18-43(36)44-19-6-7-20-45(44)46/h1-26,29-32H,27-28H2. The van der Waals surface area contributed by atoms with Gasteiger partial charge in [-0.1, -0.05) is 133 Å². The number of para-hydroxylation sites is 1. The average molecular weight is 691 g/mol. The summed E-state index contributed by atoms with van der Waals surface area (Å²) in [6.07, 6.45) is 3.97. The highest BCUT2D eigenvalue weighted by molar-refractivity contribution is 6.13. The molecule has 0 radical (unpaired) electrons. The van der Waals surface area contributed by atoms with Gasteiger partial charge >= 0.3 is 0 Å². The third-order valence-corrected chi connectivity index (χ3v) is 11.1. The first kappa shape index (κ1) is 30.6. The van der Waals surface area contributed by atoms with Crippen molar-refractivity contribution in [2.24, 2.45) is 0 Å². The van der Waals surface area contributed by atoms with Crippen LogP contribution in [0.2, 0.25) is 0 Å². The molecule has 0 spiro atoms. The van der Waals surface area contributed by atoms with Gasteiger partial charge in [-0.2, -0.15) is 0 Å². The van der Waals surface area contributed by atoms with Crippen molar-refractivity contribution in [3.8, 4) is 22.3 Å². The molecule has 0 unspecified atom stereocenters. The molecule has 0 atom stereocenters. The van der Waals surface area contributed by atoms with E-state index >= 15 is 0 Å². The summed E-state index contributed by atoms with van der Waals surface area (Å²) in [4.78, 5) is 7.35. The SMILES string of the molecule is C1=C(N(c2ccc(-c3cc4ccccc4c4ccccc34)cc2)c2cccc(-c3cccc4ccccc34)c2)CCc2oc3nc4ccccc4cc3c21. The first-order valence-corrected chi connectivity index (χ1v) is 18.7. The highest BCUT2D eigenvalue weighted by Gasteiger charge is 2.25. The van der Waals surface area contributed by atoms with Gasteiger partial charge in [0.2, 0.25) is 5.71 Å². The highest BCUT2D eigenvalue weighted by atomic mass is 16.3. The maximum Gasteiger partial charge on any atom is 0.227 e. The predicted octanol–water partition coefficient (Wildman–Crippen LogP) is 13.9. The zero-order chi connectivity index (χ0) is 35.6. The number of pyridine rings is 1. The van der Waals surface area contributed by atoms with E-state index in [0.717, 1.165) is 51.8 Å². The Bertz CT molecular complexity index is 3110. The monoisotopic (exact) mass is 690 g/mol. The fourth-order valence-corrected chi connectivity index (χ4v) is 8.55. The van der Waals surface area contributed by atoms with E-state index in [4.69, 9.17) is 9.40 Å². The van der Waals surface area contributed by atoms with Gasteiger partial charge in [0.15, 0.2) is 0 Å². The molecule has 0 saturated heterocycles. The summed E-state index contributed by atoms with van der Waals surface area (Å²) in [7, 11) is 0. The van der Waals surface area contributed by atoms with E-state index in [2.05, 4.69) is 175 Å². The van der Waals surface area contributed by atoms with E-state index < -0.39 is 0 Å². The van der Waals surface area contributed by atoms with Gasteiger partial charge in [-0.15, -0.1) is 0 Å². The van der Waals surface area contributed by atoms with Crippen LogP contribution < -0.4 is 4.90 Å². The molecule has 2 heterocycles. The Morgan fingerprint density at radius 2 is 1.15 bits per heavy atom. The zero-order valence-electron chi connectivity index (χ0n) is 29.5. The molecule has 8 aromatic carbocycles. The fraction of sp³-hybridized carbons (Fsp3) is 0.0392. The lowest BCUT2D eigenvalue weighted by atomic mass is 9.93. The topological polar surface area (TPSA) is 29.3 Å². The maximum atomic E-state index is 6.41. The number of nitrogens with zero attached hydrogens (tertiary/aromatic N) is 2. The molecule has 1 aliphatic rings. The Labute approximate surface area is 313 Å². The second-order valence-corrected chi connectivity index (χ2v) is 14.3. The van der Waals surface area contributed by atoms with Crippen LogP contribution in [0.15, 0.2) is 186 Å². The van der Waals surface area contributed by atoms with Crippen LogP contribution in [0.25, 0.3) is 82.6 Å². The highest BCUT2D eigenvalue weighted by Crippen LogP contribution is 2.42. The molecule has 0 N–H and O–H groups in total. The Kier molecular flexibility index (Phi) is 6.99. The molecular formula is C51H34N2O. The number of benzene rings is 8. The predicted molar refractivity (Wildman–Crippen MR) is 226 cm³/mol.